The molecule has 7 aliphatic rings. The third kappa shape index (κ3) is 1.39. The topological polar surface area (TPSA) is 63.9 Å². The number of hydrogen-bond donors (Lipinski definition) is 0. The van der Waals surface area contributed by atoms with E-state index in [-0.39, 0.29) is 18.5 Å². The van der Waals surface area contributed by atoms with Crippen LogP contribution in [0, 0.1) is 17.3 Å². The molecule has 2 spiro atoms. The summed E-state index contributed by atoms with van der Waals surface area (Å²) in [5.41, 5.74) is -4.64. The molecule has 0 bridgehead atoms. The second-order valence-corrected chi connectivity index (χ2v) is 9.93. The van der Waals surface area contributed by atoms with Crippen molar-refractivity contribution in [3.63, 3.8) is 0 Å². The minimum absolute atomic E-state index is 0.169. The van der Waals surface area contributed by atoms with E-state index in [1.54, 1.807) is 0 Å². The third-order valence-electron chi connectivity index (χ3n) is 9.28. The van der Waals surface area contributed by atoms with Gasteiger partial charge in [-0.2, -0.15) is 8.78 Å². The van der Waals surface area contributed by atoms with Crippen molar-refractivity contribution >= 4 is 5.97 Å². The monoisotopic (exact) mass is 416 g/mol. The number of cyclic esters (lactones) is 1. The fraction of sp³-hybridized carbons (Fsp3) is 0.850. The zero-order chi connectivity index (χ0) is 20.4. The van der Waals surface area contributed by atoms with Crippen molar-refractivity contribution in [2.75, 3.05) is 6.61 Å². The molecule has 3 aliphatic carbocycles. The van der Waals surface area contributed by atoms with E-state index in [1.807, 2.05) is 6.92 Å². The Bertz CT molecular complexity index is 921. The molecule has 0 aromatic heterocycles. The molecule has 3 saturated heterocycles. The Hall–Kier alpha value is -1.19. The molecule has 4 aliphatic heterocycles. The number of rotatable bonds is 2. The summed E-state index contributed by atoms with van der Waals surface area (Å²) in [7, 11) is 0. The van der Waals surface area contributed by atoms with Crippen LogP contribution in [0.1, 0.15) is 33.1 Å². The van der Waals surface area contributed by atoms with E-state index in [2.05, 4.69) is 0 Å². The van der Waals surface area contributed by atoms with Gasteiger partial charge in [-0.05, 0) is 30.8 Å². The van der Waals surface area contributed by atoms with Gasteiger partial charge in [-0.25, -0.2) is 13.6 Å². The highest BCUT2D eigenvalue weighted by atomic mass is 19.3. The lowest BCUT2D eigenvalue weighted by Gasteiger charge is -2.54. The van der Waals surface area contributed by atoms with E-state index >= 15 is 8.78 Å². The average Bonchev–Trinajstić information content (AvgIpc) is 3.54. The number of epoxide rings is 3. The van der Waals surface area contributed by atoms with E-state index in [0.29, 0.717) is 24.8 Å². The van der Waals surface area contributed by atoms with Crippen molar-refractivity contribution in [2.45, 2.75) is 80.6 Å². The van der Waals surface area contributed by atoms with Crippen molar-refractivity contribution in [3.05, 3.63) is 11.1 Å². The normalized spacial score (nSPS) is 58.2. The number of halogens is 4. The van der Waals surface area contributed by atoms with Crippen molar-refractivity contribution in [2.24, 2.45) is 17.3 Å². The molecule has 0 N–H and O–H groups in total. The molecule has 7 rings (SSSR count). The van der Waals surface area contributed by atoms with Gasteiger partial charge >= 0.3 is 11.9 Å². The summed E-state index contributed by atoms with van der Waals surface area (Å²) >= 11 is 0. The van der Waals surface area contributed by atoms with Crippen LogP contribution in [0.3, 0.4) is 0 Å². The zero-order valence-corrected chi connectivity index (χ0v) is 15.8. The van der Waals surface area contributed by atoms with Crippen LogP contribution in [0.4, 0.5) is 17.6 Å². The maximum atomic E-state index is 16.0. The quantitative estimate of drug-likeness (QED) is 0.394. The van der Waals surface area contributed by atoms with Gasteiger partial charge in [-0.1, -0.05) is 13.8 Å². The molecule has 5 nitrogen and oxygen atoms in total. The highest BCUT2D eigenvalue weighted by molar-refractivity contribution is 5.92. The van der Waals surface area contributed by atoms with Crippen LogP contribution in [0.25, 0.3) is 0 Å². The van der Waals surface area contributed by atoms with Crippen LogP contribution in [-0.2, 0) is 23.7 Å². The van der Waals surface area contributed by atoms with E-state index in [0.717, 1.165) is 12.5 Å². The van der Waals surface area contributed by atoms with Crippen molar-refractivity contribution in [1.29, 1.82) is 0 Å². The van der Waals surface area contributed by atoms with Gasteiger partial charge in [-0.15, -0.1) is 0 Å². The first kappa shape index (κ1) is 17.5. The molecule has 0 aromatic rings. The van der Waals surface area contributed by atoms with Gasteiger partial charge in [0.15, 0.2) is 11.2 Å². The summed E-state index contributed by atoms with van der Waals surface area (Å²) in [6.45, 7) is 3.22. The summed E-state index contributed by atoms with van der Waals surface area (Å²) in [4.78, 5) is 12.0. The summed E-state index contributed by atoms with van der Waals surface area (Å²) in [6.07, 6.45) is -4.26. The lowest BCUT2D eigenvalue weighted by molar-refractivity contribution is -0.204. The van der Waals surface area contributed by atoms with Crippen molar-refractivity contribution in [1.82, 2.24) is 0 Å². The third-order valence-corrected chi connectivity index (χ3v) is 9.28. The van der Waals surface area contributed by atoms with E-state index in [4.69, 9.17) is 18.9 Å². The molecule has 0 amide bonds. The second kappa shape index (κ2) is 4.39. The van der Waals surface area contributed by atoms with Crippen molar-refractivity contribution in [3.8, 4) is 0 Å². The minimum atomic E-state index is -3.59. The van der Waals surface area contributed by atoms with Crippen LogP contribution in [0.2, 0.25) is 0 Å². The van der Waals surface area contributed by atoms with E-state index in [1.165, 1.54) is 0 Å². The molecule has 5 fully saturated rings. The largest absolute Gasteiger partial charge is 0.458 e. The van der Waals surface area contributed by atoms with Crippen LogP contribution < -0.4 is 0 Å². The number of hydrogen-bond acceptors (Lipinski definition) is 5. The highest BCUT2D eigenvalue weighted by Gasteiger charge is 3.06. The van der Waals surface area contributed by atoms with Crippen LogP contribution in [0.5, 0.6) is 0 Å². The maximum absolute atomic E-state index is 16.0. The van der Waals surface area contributed by atoms with Crippen molar-refractivity contribution < 1.29 is 41.3 Å². The first-order valence-corrected chi connectivity index (χ1v) is 10.2. The Labute approximate surface area is 163 Å². The van der Waals surface area contributed by atoms with E-state index in [9.17, 15) is 13.6 Å². The number of carbonyl (C=O) groups excluding carboxylic acids is 1. The molecule has 0 aromatic carbocycles. The molecule has 29 heavy (non-hydrogen) atoms. The van der Waals surface area contributed by atoms with Gasteiger partial charge < -0.3 is 18.9 Å². The van der Waals surface area contributed by atoms with Gasteiger partial charge in [-0.3, -0.25) is 0 Å². The first-order valence-electron chi connectivity index (χ1n) is 10.2. The number of carbonyl (C=O) groups is 1. The predicted molar refractivity (Wildman–Crippen MR) is 86.4 cm³/mol. The molecular weight excluding hydrogens is 396 g/mol. The number of esters is 1. The van der Waals surface area contributed by atoms with Gasteiger partial charge in [0, 0.05) is 11.0 Å². The zero-order valence-electron chi connectivity index (χ0n) is 15.8. The molecule has 9 atom stereocenters. The number of alkyl halides is 4. The Balaban J connectivity index is 1.38. The van der Waals surface area contributed by atoms with Gasteiger partial charge in [0.05, 0.1) is 12.0 Å². The second-order valence-electron chi connectivity index (χ2n) is 9.93. The molecule has 1 unspecified atom stereocenters. The van der Waals surface area contributed by atoms with Gasteiger partial charge in [0.2, 0.25) is 6.43 Å². The molecule has 0 radical (unpaired) electrons. The van der Waals surface area contributed by atoms with E-state index < -0.39 is 58.8 Å². The Morgan fingerprint density at radius 3 is 2.59 bits per heavy atom. The molecule has 2 saturated carbocycles. The number of ether oxygens (including phenoxy) is 4. The summed E-state index contributed by atoms with van der Waals surface area (Å²) in [6, 6.07) is 0. The Morgan fingerprint density at radius 1 is 1.10 bits per heavy atom. The van der Waals surface area contributed by atoms with Crippen LogP contribution >= 0.6 is 0 Å². The van der Waals surface area contributed by atoms with Crippen LogP contribution in [0.15, 0.2) is 11.1 Å². The first-order chi connectivity index (χ1) is 13.6. The molecule has 4 heterocycles. The molecule has 9 heteroatoms. The Kier molecular flexibility index (Phi) is 2.64. The highest BCUT2D eigenvalue weighted by Crippen LogP contribution is 2.86. The van der Waals surface area contributed by atoms with Gasteiger partial charge in [0.1, 0.15) is 24.4 Å². The SMILES string of the molecule is CC(C(F)F)[C@]12O[C@H]1[C@@H]1O[C@@]13[C@@]1(C)CCC4=C(COC4=O)[C@@H]1C[C@@H]1O[C@@]13C2(F)F. The minimum Gasteiger partial charge on any atom is -0.458 e. The average molecular weight is 416 g/mol. The van der Waals surface area contributed by atoms with Crippen LogP contribution in [-0.4, -0.2) is 60.0 Å². The fourth-order valence-corrected chi connectivity index (χ4v) is 7.74. The fourth-order valence-electron chi connectivity index (χ4n) is 7.74. The lowest BCUT2D eigenvalue weighted by Crippen LogP contribution is -2.72. The summed E-state index contributed by atoms with van der Waals surface area (Å²) < 4.78 is 81.6. The summed E-state index contributed by atoms with van der Waals surface area (Å²) in [5.74, 6) is -5.72. The number of fused-ring (bicyclic) bond motifs is 4. The van der Waals surface area contributed by atoms with Gasteiger partial charge in [0.25, 0.3) is 0 Å². The summed E-state index contributed by atoms with van der Waals surface area (Å²) in [5, 5.41) is 0. The predicted octanol–water partition coefficient (Wildman–Crippen LogP) is 2.62. The molecular formula is C20H20F4O5. The Morgan fingerprint density at radius 2 is 1.86 bits per heavy atom. The maximum Gasteiger partial charge on any atom is 0.334 e. The standard InChI is InChI=1S/C20H20F4O5/c1-7(14(21)22)17-12(28-17)13-19(29-13)16(2)4-3-8-9(6-26-15(8)25)10(16)5-11-18(19,27-11)20(17,23)24/h7,10-14H,3-6H2,1-2H3/t7?,10-,11-,12-,13-,16-,17-,18-,19+/m0/s1. The smallest absolute Gasteiger partial charge is 0.334 e. The molecule has 158 valence electrons. The lowest BCUT2D eigenvalue weighted by atomic mass is 9.46.